The first kappa shape index (κ1) is 12.2. The molecular weight excluding hydrogens is 194 g/mol. The standard InChI is InChI=1S/C11H19NO3/c1-2-13-7-8-14-6-4-12-9-11-3-5-15-10-11/h3,5,10,12H,2,4,6-9H2,1H3. The van der Waals surface area contributed by atoms with Gasteiger partial charge in [0.05, 0.1) is 32.3 Å². The predicted molar refractivity (Wildman–Crippen MR) is 57.7 cm³/mol. The minimum atomic E-state index is 0.668. The average molecular weight is 213 g/mol. The van der Waals surface area contributed by atoms with E-state index in [9.17, 15) is 0 Å². The van der Waals surface area contributed by atoms with Crippen LogP contribution in [0.4, 0.5) is 0 Å². The normalized spacial score (nSPS) is 10.7. The number of rotatable bonds is 9. The number of hydrogen-bond acceptors (Lipinski definition) is 4. The second kappa shape index (κ2) is 8.47. The van der Waals surface area contributed by atoms with E-state index in [1.807, 2.05) is 13.0 Å². The molecule has 0 fully saturated rings. The summed E-state index contributed by atoms with van der Waals surface area (Å²) in [7, 11) is 0. The molecule has 1 aromatic rings. The topological polar surface area (TPSA) is 43.6 Å². The monoisotopic (exact) mass is 213 g/mol. The van der Waals surface area contributed by atoms with Gasteiger partial charge in [0.15, 0.2) is 0 Å². The summed E-state index contributed by atoms with van der Waals surface area (Å²) >= 11 is 0. The highest BCUT2D eigenvalue weighted by Crippen LogP contribution is 1.97. The van der Waals surface area contributed by atoms with Crippen molar-refractivity contribution in [3.63, 3.8) is 0 Å². The third kappa shape index (κ3) is 6.28. The van der Waals surface area contributed by atoms with Crippen molar-refractivity contribution < 1.29 is 13.9 Å². The van der Waals surface area contributed by atoms with Gasteiger partial charge in [0.2, 0.25) is 0 Å². The van der Waals surface area contributed by atoms with E-state index in [0.29, 0.717) is 19.8 Å². The molecule has 0 amide bonds. The fourth-order valence-electron chi connectivity index (χ4n) is 1.13. The zero-order chi connectivity index (χ0) is 10.8. The van der Waals surface area contributed by atoms with Crippen molar-refractivity contribution in [1.82, 2.24) is 5.32 Å². The fourth-order valence-corrected chi connectivity index (χ4v) is 1.13. The Balaban J connectivity index is 1.81. The summed E-state index contributed by atoms with van der Waals surface area (Å²) in [6.07, 6.45) is 3.42. The highest BCUT2D eigenvalue weighted by atomic mass is 16.5. The molecule has 1 heterocycles. The van der Waals surface area contributed by atoms with Gasteiger partial charge in [-0.2, -0.15) is 0 Å². The molecule has 86 valence electrons. The molecule has 4 nitrogen and oxygen atoms in total. The SMILES string of the molecule is CCOCCOCCNCc1ccoc1. The van der Waals surface area contributed by atoms with Crippen molar-refractivity contribution >= 4 is 0 Å². The van der Waals surface area contributed by atoms with Crippen molar-refractivity contribution in [2.24, 2.45) is 0 Å². The maximum Gasteiger partial charge on any atom is 0.0947 e. The van der Waals surface area contributed by atoms with Gasteiger partial charge in [-0.3, -0.25) is 0 Å². The second-order valence-corrected chi connectivity index (χ2v) is 3.12. The van der Waals surface area contributed by atoms with Gasteiger partial charge >= 0.3 is 0 Å². The van der Waals surface area contributed by atoms with E-state index in [-0.39, 0.29) is 0 Å². The smallest absolute Gasteiger partial charge is 0.0947 e. The number of furan rings is 1. The molecule has 0 aliphatic carbocycles. The maximum atomic E-state index is 5.34. The Morgan fingerprint density at radius 1 is 1.27 bits per heavy atom. The van der Waals surface area contributed by atoms with E-state index in [2.05, 4.69) is 5.32 Å². The molecule has 0 atom stereocenters. The Bertz CT molecular complexity index is 224. The molecule has 1 rings (SSSR count). The Kier molecular flexibility index (Phi) is 6.90. The zero-order valence-corrected chi connectivity index (χ0v) is 9.20. The molecule has 15 heavy (non-hydrogen) atoms. The molecular formula is C11H19NO3. The van der Waals surface area contributed by atoms with Gasteiger partial charge in [0, 0.05) is 25.3 Å². The first-order valence-electron chi connectivity index (χ1n) is 5.30. The Labute approximate surface area is 90.6 Å². The van der Waals surface area contributed by atoms with Crippen LogP contribution in [0, 0.1) is 0 Å². The van der Waals surface area contributed by atoms with Crippen LogP contribution in [0.15, 0.2) is 23.0 Å². The van der Waals surface area contributed by atoms with Gasteiger partial charge in [0.1, 0.15) is 0 Å². The van der Waals surface area contributed by atoms with Crippen molar-refractivity contribution in [1.29, 1.82) is 0 Å². The highest BCUT2D eigenvalue weighted by molar-refractivity contribution is 5.04. The molecule has 0 saturated heterocycles. The maximum absolute atomic E-state index is 5.34. The molecule has 0 spiro atoms. The van der Waals surface area contributed by atoms with E-state index in [4.69, 9.17) is 13.9 Å². The molecule has 0 bridgehead atoms. The molecule has 0 aliphatic rings. The Hall–Kier alpha value is -0.840. The van der Waals surface area contributed by atoms with E-state index >= 15 is 0 Å². The summed E-state index contributed by atoms with van der Waals surface area (Å²) in [6, 6.07) is 1.95. The van der Waals surface area contributed by atoms with Gasteiger partial charge in [-0.1, -0.05) is 0 Å². The molecule has 4 heteroatoms. The van der Waals surface area contributed by atoms with Crippen LogP contribution in [0.25, 0.3) is 0 Å². The zero-order valence-electron chi connectivity index (χ0n) is 9.20. The van der Waals surface area contributed by atoms with Gasteiger partial charge in [0.25, 0.3) is 0 Å². The van der Waals surface area contributed by atoms with Crippen molar-refractivity contribution in [3.05, 3.63) is 24.2 Å². The predicted octanol–water partition coefficient (Wildman–Crippen LogP) is 1.42. The lowest BCUT2D eigenvalue weighted by molar-refractivity contribution is 0.0539. The van der Waals surface area contributed by atoms with E-state index in [1.165, 1.54) is 0 Å². The quantitative estimate of drug-likeness (QED) is 0.630. The van der Waals surface area contributed by atoms with Crippen LogP contribution in [-0.2, 0) is 16.0 Å². The van der Waals surface area contributed by atoms with Crippen LogP contribution in [-0.4, -0.2) is 33.0 Å². The summed E-state index contributed by atoms with van der Waals surface area (Å²) in [6.45, 7) is 6.46. The Morgan fingerprint density at radius 3 is 2.87 bits per heavy atom. The van der Waals surface area contributed by atoms with Crippen LogP contribution in [0.2, 0.25) is 0 Å². The number of ether oxygens (including phenoxy) is 2. The summed E-state index contributed by atoms with van der Waals surface area (Å²) in [5, 5.41) is 3.25. The van der Waals surface area contributed by atoms with E-state index in [0.717, 1.165) is 25.3 Å². The fraction of sp³-hybridized carbons (Fsp3) is 0.636. The molecule has 1 N–H and O–H groups in total. The van der Waals surface area contributed by atoms with Gasteiger partial charge in [-0.05, 0) is 13.0 Å². The third-order valence-electron chi connectivity index (χ3n) is 1.91. The van der Waals surface area contributed by atoms with Gasteiger partial charge in [-0.15, -0.1) is 0 Å². The lowest BCUT2D eigenvalue weighted by atomic mass is 10.3. The van der Waals surface area contributed by atoms with Crippen LogP contribution in [0.1, 0.15) is 12.5 Å². The first-order chi connectivity index (χ1) is 7.43. The molecule has 0 radical (unpaired) electrons. The third-order valence-corrected chi connectivity index (χ3v) is 1.91. The molecule has 0 aliphatic heterocycles. The summed E-state index contributed by atoms with van der Waals surface area (Å²) in [4.78, 5) is 0. The second-order valence-electron chi connectivity index (χ2n) is 3.12. The lowest BCUT2D eigenvalue weighted by Gasteiger charge is -2.05. The minimum Gasteiger partial charge on any atom is -0.472 e. The summed E-state index contributed by atoms with van der Waals surface area (Å²) < 4.78 is 15.4. The lowest BCUT2D eigenvalue weighted by Crippen LogP contribution is -2.20. The first-order valence-corrected chi connectivity index (χ1v) is 5.30. The molecule has 0 aromatic carbocycles. The van der Waals surface area contributed by atoms with Crippen LogP contribution in [0.5, 0.6) is 0 Å². The van der Waals surface area contributed by atoms with Gasteiger partial charge < -0.3 is 19.2 Å². The number of nitrogens with one attached hydrogen (secondary N) is 1. The summed E-state index contributed by atoms with van der Waals surface area (Å²) in [5.41, 5.74) is 1.16. The minimum absolute atomic E-state index is 0.668. The van der Waals surface area contributed by atoms with Gasteiger partial charge in [-0.25, -0.2) is 0 Å². The van der Waals surface area contributed by atoms with Crippen LogP contribution < -0.4 is 5.32 Å². The van der Waals surface area contributed by atoms with Crippen molar-refractivity contribution in [2.45, 2.75) is 13.5 Å². The highest BCUT2D eigenvalue weighted by Gasteiger charge is 1.93. The van der Waals surface area contributed by atoms with E-state index < -0.39 is 0 Å². The van der Waals surface area contributed by atoms with E-state index in [1.54, 1.807) is 12.5 Å². The average Bonchev–Trinajstić information content (AvgIpc) is 2.75. The van der Waals surface area contributed by atoms with Crippen molar-refractivity contribution in [2.75, 3.05) is 33.0 Å². The van der Waals surface area contributed by atoms with Crippen molar-refractivity contribution in [3.8, 4) is 0 Å². The molecule has 0 unspecified atom stereocenters. The number of hydrogen-bond donors (Lipinski definition) is 1. The van der Waals surface area contributed by atoms with Crippen LogP contribution in [0.3, 0.4) is 0 Å². The largest absolute Gasteiger partial charge is 0.472 e. The molecule has 1 aromatic heterocycles. The Morgan fingerprint density at radius 2 is 2.13 bits per heavy atom. The summed E-state index contributed by atoms with van der Waals surface area (Å²) in [5.74, 6) is 0. The molecule has 0 saturated carbocycles. The van der Waals surface area contributed by atoms with Crippen LogP contribution >= 0.6 is 0 Å².